The van der Waals surface area contributed by atoms with E-state index in [1.807, 2.05) is 6.07 Å². The van der Waals surface area contributed by atoms with Crippen LogP contribution in [0.15, 0.2) is 65.6 Å². The second-order valence-electron chi connectivity index (χ2n) is 5.62. The van der Waals surface area contributed by atoms with E-state index >= 15 is 0 Å². The van der Waals surface area contributed by atoms with Crippen LogP contribution in [-0.4, -0.2) is 22.9 Å². The highest BCUT2D eigenvalue weighted by Gasteiger charge is 2.10. The van der Waals surface area contributed by atoms with Gasteiger partial charge in [0.2, 0.25) is 0 Å². The van der Waals surface area contributed by atoms with Crippen molar-refractivity contribution in [2.24, 2.45) is 0 Å². The zero-order chi connectivity index (χ0) is 19.2. The molecule has 0 spiro atoms. The summed E-state index contributed by atoms with van der Waals surface area (Å²) in [6.45, 7) is -2.35. The minimum atomic E-state index is -2.84. The van der Waals surface area contributed by atoms with E-state index in [0.29, 0.717) is 24.3 Å². The van der Waals surface area contributed by atoms with Crippen molar-refractivity contribution in [3.63, 3.8) is 0 Å². The highest BCUT2D eigenvalue weighted by Crippen LogP contribution is 2.18. The molecule has 0 saturated carbocycles. The van der Waals surface area contributed by atoms with Crippen molar-refractivity contribution in [1.29, 1.82) is 0 Å². The standard InChI is InChI=1S/C19H16ClF2N3O2/c20-17-16(12-24-25(18(17)26)14-4-2-1-3-5-14)23-11-10-13-6-8-15(9-7-13)27-19(21)22/h1-9,12,19,23H,10-11H2. The van der Waals surface area contributed by atoms with Crippen LogP contribution >= 0.6 is 11.6 Å². The minimum absolute atomic E-state index is 0.0505. The monoisotopic (exact) mass is 391 g/mol. The number of alkyl halides is 2. The van der Waals surface area contributed by atoms with Crippen LogP contribution in [0.1, 0.15) is 5.56 Å². The summed E-state index contributed by atoms with van der Waals surface area (Å²) in [5, 5.41) is 7.26. The summed E-state index contributed by atoms with van der Waals surface area (Å²) in [6, 6.07) is 15.4. The molecule has 0 fully saturated rings. The molecule has 1 aromatic heterocycles. The van der Waals surface area contributed by atoms with Gasteiger partial charge in [0, 0.05) is 6.54 Å². The number of anilines is 1. The molecule has 5 nitrogen and oxygen atoms in total. The zero-order valence-electron chi connectivity index (χ0n) is 14.1. The topological polar surface area (TPSA) is 56.1 Å². The Bertz CT molecular complexity index is 947. The summed E-state index contributed by atoms with van der Waals surface area (Å²) in [5.74, 6) is 0.110. The van der Waals surface area contributed by atoms with Crippen molar-refractivity contribution in [2.75, 3.05) is 11.9 Å². The van der Waals surface area contributed by atoms with Gasteiger partial charge < -0.3 is 10.1 Å². The van der Waals surface area contributed by atoms with Crippen LogP contribution in [-0.2, 0) is 6.42 Å². The molecular weight excluding hydrogens is 376 g/mol. The maximum absolute atomic E-state index is 12.4. The lowest BCUT2D eigenvalue weighted by Gasteiger charge is -2.11. The molecule has 3 aromatic rings. The molecule has 140 valence electrons. The number of para-hydroxylation sites is 1. The third-order valence-electron chi connectivity index (χ3n) is 3.80. The van der Waals surface area contributed by atoms with Crippen LogP contribution in [0.3, 0.4) is 0 Å². The fourth-order valence-electron chi connectivity index (χ4n) is 2.49. The van der Waals surface area contributed by atoms with Gasteiger partial charge in [-0.05, 0) is 36.2 Å². The normalized spacial score (nSPS) is 10.8. The number of rotatable bonds is 7. The molecular formula is C19H16ClF2N3O2. The van der Waals surface area contributed by atoms with Crippen LogP contribution in [0.4, 0.5) is 14.5 Å². The second kappa shape index (κ2) is 8.64. The molecule has 0 bridgehead atoms. The fourth-order valence-corrected chi connectivity index (χ4v) is 2.68. The highest BCUT2D eigenvalue weighted by molar-refractivity contribution is 6.32. The number of benzene rings is 2. The van der Waals surface area contributed by atoms with E-state index in [4.69, 9.17) is 11.6 Å². The fraction of sp³-hybridized carbons (Fsp3) is 0.158. The smallest absolute Gasteiger partial charge is 0.387 e. The van der Waals surface area contributed by atoms with E-state index in [-0.39, 0.29) is 10.8 Å². The first kappa shape index (κ1) is 18.8. The van der Waals surface area contributed by atoms with E-state index in [9.17, 15) is 13.6 Å². The number of aromatic nitrogens is 2. The third-order valence-corrected chi connectivity index (χ3v) is 4.16. The SMILES string of the molecule is O=c1c(Cl)c(NCCc2ccc(OC(F)F)cc2)cnn1-c1ccccc1. The molecule has 8 heteroatoms. The number of hydrogen-bond donors (Lipinski definition) is 1. The van der Waals surface area contributed by atoms with Crippen molar-refractivity contribution in [3.8, 4) is 11.4 Å². The number of halogens is 3. The van der Waals surface area contributed by atoms with Crippen LogP contribution in [0.25, 0.3) is 5.69 Å². The van der Waals surface area contributed by atoms with Gasteiger partial charge in [0.25, 0.3) is 5.56 Å². The third kappa shape index (κ3) is 4.83. The van der Waals surface area contributed by atoms with Gasteiger partial charge in [-0.3, -0.25) is 4.79 Å². The predicted molar refractivity (Wildman–Crippen MR) is 100 cm³/mol. The predicted octanol–water partition coefficient (Wildman–Crippen LogP) is 4.14. The average Bonchev–Trinajstić information content (AvgIpc) is 2.67. The van der Waals surface area contributed by atoms with Gasteiger partial charge in [-0.2, -0.15) is 18.6 Å². The first-order valence-electron chi connectivity index (χ1n) is 8.15. The Hall–Kier alpha value is -2.93. The average molecular weight is 392 g/mol. The first-order valence-corrected chi connectivity index (χ1v) is 8.53. The number of ether oxygens (including phenoxy) is 1. The summed E-state index contributed by atoms with van der Waals surface area (Å²) in [7, 11) is 0. The maximum Gasteiger partial charge on any atom is 0.387 e. The largest absolute Gasteiger partial charge is 0.435 e. The van der Waals surface area contributed by atoms with Crippen molar-refractivity contribution in [2.45, 2.75) is 13.0 Å². The lowest BCUT2D eigenvalue weighted by molar-refractivity contribution is -0.0498. The molecule has 0 amide bonds. The number of hydrogen-bond acceptors (Lipinski definition) is 4. The summed E-state index contributed by atoms with van der Waals surface area (Å²) in [5.41, 5.74) is 1.57. The lowest BCUT2D eigenvalue weighted by Crippen LogP contribution is -2.23. The molecule has 0 aliphatic rings. The zero-order valence-corrected chi connectivity index (χ0v) is 14.9. The van der Waals surface area contributed by atoms with E-state index in [1.54, 1.807) is 36.4 Å². The Labute approximate surface area is 159 Å². The molecule has 0 radical (unpaired) electrons. The Balaban J connectivity index is 1.63. The molecule has 0 atom stereocenters. The molecule has 3 rings (SSSR count). The van der Waals surface area contributed by atoms with Crippen LogP contribution in [0.2, 0.25) is 5.02 Å². The van der Waals surface area contributed by atoms with Gasteiger partial charge in [-0.15, -0.1) is 0 Å². The summed E-state index contributed by atoms with van der Waals surface area (Å²) in [4.78, 5) is 12.4. The van der Waals surface area contributed by atoms with Gasteiger partial charge >= 0.3 is 6.61 Å². The summed E-state index contributed by atoms with van der Waals surface area (Å²) >= 11 is 6.18. The van der Waals surface area contributed by atoms with E-state index in [1.165, 1.54) is 23.0 Å². The van der Waals surface area contributed by atoms with Crippen molar-refractivity contribution in [3.05, 3.63) is 81.7 Å². The summed E-state index contributed by atoms with van der Waals surface area (Å²) in [6.07, 6.45) is 2.10. The highest BCUT2D eigenvalue weighted by atomic mass is 35.5. The molecule has 2 aromatic carbocycles. The molecule has 0 aliphatic carbocycles. The maximum atomic E-state index is 12.4. The molecule has 0 saturated heterocycles. The van der Waals surface area contributed by atoms with Crippen molar-refractivity contribution < 1.29 is 13.5 Å². The van der Waals surface area contributed by atoms with Gasteiger partial charge in [0.1, 0.15) is 10.8 Å². The Kier molecular flexibility index (Phi) is 6.03. The van der Waals surface area contributed by atoms with Gasteiger partial charge in [-0.1, -0.05) is 41.9 Å². The first-order chi connectivity index (χ1) is 13.0. The van der Waals surface area contributed by atoms with Gasteiger partial charge in [0.05, 0.1) is 17.6 Å². The Morgan fingerprint density at radius 3 is 2.48 bits per heavy atom. The van der Waals surface area contributed by atoms with Gasteiger partial charge in [0.15, 0.2) is 0 Å². The second-order valence-corrected chi connectivity index (χ2v) is 6.00. The Morgan fingerprint density at radius 1 is 1.11 bits per heavy atom. The molecule has 1 N–H and O–H groups in total. The van der Waals surface area contributed by atoms with E-state index in [0.717, 1.165) is 5.56 Å². The van der Waals surface area contributed by atoms with Crippen molar-refractivity contribution >= 4 is 17.3 Å². The van der Waals surface area contributed by atoms with Crippen molar-refractivity contribution in [1.82, 2.24) is 9.78 Å². The minimum Gasteiger partial charge on any atom is -0.435 e. The van der Waals surface area contributed by atoms with E-state index in [2.05, 4.69) is 15.2 Å². The summed E-state index contributed by atoms with van der Waals surface area (Å²) < 4.78 is 29.8. The molecule has 1 heterocycles. The quantitative estimate of drug-likeness (QED) is 0.657. The van der Waals surface area contributed by atoms with Crippen LogP contribution in [0.5, 0.6) is 5.75 Å². The Morgan fingerprint density at radius 2 is 1.81 bits per heavy atom. The molecule has 0 unspecified atom stereocenters. The number of nitrogens with one attached hydrogen (secondary N) is 1. The lowest BCUT2D eigenvalue weighted by atomic mass is 10.1. The van der Waals surface area contributed by atoms with E-state index < -0.39 is 12.2 Å². The van der Waals surface area contributed by atoms with Crippen LogP contribution in [0, 0.1) is 0 Å². The molecule has 0 aliphatic heterocycles. The van der Waals surface area contributed by atoms with Crippen LogP contribution < -0.4 is 15.6 Å². The van der Waals surface area contributed by atoms with Gasteiger partial charge in [-0.25, -0.2) is 0 Å². The molecule has 27 heavy (non-hydrogen) atoms. The number of nitrogens with zero attached hydrogens (tertiary/aromatic N) is 2.